The summed E-state index contributed by atoms with van der Waals surface area (Å²) in [5.74, 6) is -0.565. The van der Waals surface area contributed by atoms with Gasteiger partial charge in [-0.3, -0.25) is 15.4 Å². The van der Waals surface area contributed by atoms with E-state index in [0.29, 0.717) is 5.95 Å². The van der Waals surface area contributed by atoms with E-state index in [2.05, 4.69) is 20.3 Å². The summed E-state index contributed by atoms with van der Waals surface area (Å²) in [7, 11) is 0. The zero-order valence-corrected chi connectivity index (χ0v) is 11.9. The summed E-state index contributed by atoms with van der Waals surface area (Å²) >= 11 is 0. The Kier molecular flexibility index (Phi) is 4.25. The Morgan fingerprint density at radius 2 is 1.95 bits per heavy atom. The first-order valence-electron chi connectivity index (χ1n) is 6.28. The SMILES string of the molecule is Cc1cc(C)nc([NH+]=C(N)Nc2ccc(F)c([N+](=O)[O-])c2)n1. The van der Waals surface area contributed by atoms with Crippen LogP contribution in [0.1, 0.15) is 11.4 Å². The molecule has 9 heteroatoms. The smallest absolute Gasteiger partial charge is 0.322 e. The fourth-order valence-electron chi connectivity index (χ4n) is 1.82. The Morgan fingerprint density at radius 3 is 2.55 bits per heavy atom. The van der Waals surface area contributed by atoms with Crippen molar-refractivity contribution in [2.45, 2.75) is 13.8 Å². The first kappa shape index (κ1) is 15.3. The van der Waals surface area contributed by atoms with E-state index in [0.717, 1.165) is 23.5 Å². The van der Waals surface area contributed by atoms with Crippen LogP contribution in [-0.2, 0) is 0 Å². The maximum absolute atomic E-state index is 13.3. The van der Waals surface area contributed by atoms with E-state index < -0.39 is 16.4 Å². The maximum Gasteiger partial charge on any atom is 0.354 e. The number of nitrogens with one attached hydrogen (secondary N) is 2. The Balaban J connectivity index is 2.24. The molecule has 0 unspecified atom stereocenters. The highest BCUT2D eigenvalue weighted by atomic mass is 19.1. The van der Waals surface area contributed by atoms with Crippen LogP contribution in [0.25, 0.3) is 0 Å². The Morgan fingerprint density at radius 1 is 1.32 bits per heavy atom. The summed E-state index contributed by atoms with van der Waals surface area (Å²) in [5, 5.41) is 13.4. The van der Waals surface area contributed by atoms with Gasteiger partial charge in [0.15, 0.2) is 0 Å². The van der Waals surface area contributed by atoms with Crippen molar-refractivity contribution >= 4 is 23.3 Å². The molecule has 0 bridgehead atoms. The van der Waals surface area contributed by atoms with Crippen LogP contribution in [0, 0.1) is 29.8 Å². The van der Waals surface area contributed by atoms with Crippen molar-refractivity contribution in [3.63, 3.8) is 0 Å². The first-order valence-corrected chi connectivity index (χ1v) is 6.28. The minimum Gasteiger partial charge on any atom is -0.322 e. The van der Waals surface area contributed by atoms with Gasteiger partial charge in [-0.25, -0.2) is 4.99 Å². The monoisotopic (exact) mass is 305 g/mol. The van der Waals surface area contributed by atoms with Gasteiger partial charge >= 0.3 is 11.6 Å². The summed E-state index contributed by atoms with van der Waals surface area (Å²) in [6.07, 6.45) is 0. The molecule has 0 atom stereocenters. The molecule has 2 aromatic rings. The summed E-state index contributed by atoms with van der Waals surface area (Å²) in [4.78, 5) is 20.9. The molecule has 0 saturated heterocycles. The molecule has 2 rings (SSSR count). The lowest BCUT2D eigenvalue weighted by Crippen LogP contribution is -2.72. The quantitative estimate of drug-likeness (QED) is 0.324. The molecule has 0 spiro atoms. The van der Waals surface area contributed by atoms with Gasteiger partial charge in [-0.2, -0.15) is 4.39 Å². The maximum atomic E-state index is 13.3. The number of rotatable bonds is 3. The Bertz CT molecular complexity index is 742. The molecule has 1 aromatic carbocycles. The third-order valence-corrected chi connectivity index (χ3v) is 2.65. The molecule has 0 aliphatic rings. The second kappa shape index (κ2) is 6.12. The number of benzene rings is 1. The van der Waals surface area contributed by atoms with Crippen LogP contribution in [0.3, 0.4) is 0 Å². The van der Waals surface area contributed by atoms with Crippen molar-refractivity contribution in [3.8, 4) is 0 Å². The topological polar surface area (TPSA) is 121 Å². The molecule has 8 nitrogen and oxygen atoms in total. The summed E-state index contributed by atoms with van der Waals surface area (Å²) in [6.45, 7) is 3.62. The third kappa shape index (κ3) is 3.72. The number of guanidine groups is 1. The number of aryl methyl sites for hydroxylation is 2. The fourth-order valence-corrected chi connectivity index (χ4v) is 1.82. The number of halogens is 1. The largest absolute Gasteiger partial charge is 0.354 e. The van der Waals surface area contributed by atoms with Gasteiger partial charge in [0, 0.05) is 6.07 Å². The minimum absolute atomic E-state index is 0.0610. The average molecular weight is 305 g/mol. The fraction of sp³-hybridized carbons (Fsp3) is 0.154. The summed E-state index contributed by atoms with van der Waals surface area (Å²) in [5.41, 5.74) is 6.91. The van der Waals surface area contributed by atoms with E-state index >= 15 is 0 Å². The molecule has 0 aliphatic heterocycles. The molecule has 0 fully saturated rings. The average Bonchev–Trinajstić information content (AvgIpc) is 2.39. The van der Waals surface area contributed by atoms with Crippen LogP contribution in [0.15, 0.2) is 24.3 Å². The van der Waals surface area contributed by atoms with Crippen LogP contribution in [0.4, 0.5) is 21.7 Å². The van der Waals surface area contributed by atoms with Crippen molar-refractivity contribution in [1.82, 2.24) is 9.97 Å². The number of nitro groups is 1. The number of nitro benzene ring substituents is 1. The van der Waals surface area contributed by atoms with Gasteiger partial charge in [-0.1, -0.05) is 0 Å². The van der Waals surface area contributed by atoms with Crippen LogP contribution < -0.4 is 16.0 Å². The summed E-state index contributed by atoms with van der Waals surface area (Å²) < 4.78 is 13.3. The van der Waals surface area contributed by atoms with Gasteiger partial charge in [0.25, 0.3) is 5.96 Å². The van der Waals surface area contributed by atoms with E-state index in [-0.39, 0.29) is 11.6 Å². The molecule has 0 amide bonds. The molecule has 1 aromatic heterocycles. The van der Waals surface area contributed by atoms with Gasteiger partial charge in [-0.05, 0) is 26.0 Å². The van der Waals surface area contributed by atoms with Crippen LogP contribution in [0.2, 0.25) is 0 Å². The molecule has 0 aliphatic carbocycles. The highest BCUT2D eigenvalue weighted by Gasteiger charge is 2.15. The number of nitrogens with zero attached hydrogens (tertiary/aromatic N) is 3. The molecule has 0 radical (unpaired) electrons. The first-order chi connectivity index (χ1) is 10.3. The van der Waals surface area contributed by atoms with Gasteiger partial charge < -0.3 is 5.73 Å². The molecule has 22 heavy (non-hydrogen) atoms. The second-order valence-electron chi connectivity index (χ2n) is 4.56. The molecule has 0 saturated carbocycles. The Labute approximate surface area is 125 Å². The molecular formula is C13H14FN6O2+. The summed E-state index contributed by atoms with van der Waals surface area (Å²) in [6, 6.07) is 5.17. The zero-order chi connectivity index (χ0) is 16.3. The van der Waals surface area contributed by atoms with E-state index in [1.807, 2.05) is 13.8 Å². The second-order valence-corrected chi connectivity index (χ2v) is 4.56. The highest BCUT2D eigenvalue weighted by Crippen LogP contribution is 2.21. The molecular weight excluding hydrogens is 291 g/mol. The van der Waals surface area contributed by atoms with E-state index in [9.17, 15) is 14.5 Å². The van der Waals surface area contributed by atoms with Crippen molar-refractivity contribution in [1.29, 1.82) is 0 Å². The zero-order valence-electron chi connectivity index (χ0n) is 11.9. The lowest BCUT2D eigenvalue weighted by atomic mass is 10.2. The van der Waals surface area contributed by atoms with Crippen LogP contribution in [0.5, 0.6) is 0 Å². The van der Waals surface area contributed by atoms with Gasteiger partial charge in [0.1, 0.15) is 0 Å². The van der Waals surface area contributed by atoms with Gasteiger partial charge in [-0.15, -0.1) is 9.97 Å². The van der Waals surface area contributed by atoms with Gasteiger partial charge in [0.2, 0.25) is 5.82 Å². The minimum atomic E-state index is -0.917. The normalized spacial score (nSPS) is 11.3. The molecule has 1 heterocycles. The molecule has 114 valence electrons. The van der Waals surface area contributed by atoms with Gasteiger partial charge in [0.05, 0.1) is 28.1 Å². The highest BCUT2D eigenvalue weighted by molar-refractivity contribution is 5.88. The van der Waals surface area contributed by atoms with Crippen molar-refractivity contribution < 1.29 is 14.3 Å². The number of nitrogens with two attached hydrogens (primary N) is 1. The predicted octanol–water partition coefficient (Wildman–Crippen LogP) is 0.280. The third-order valence-electron chi connectivity index (χ3n) is 2.65. The lowest BCUT2D eigenvalue weighted by molar-refractivity contribution is -0.387. The number of hydrogen-bond acceptors (Lipinski definition) is 4. The van der Waals surface area contributed by atoms with Crippen molar-refractivity contribution in [3.05, 3.63) is 51.6 Å². The van der Waals surface area contributed by atoms with E-state index in [1.54, 1.807) is 6.07 Å². The van der Waals surface area contributed by atoms with Crippen LogP contribution >= 0.6 is 0 Å². The standard InChI is InChI=1S/C13H13FN6O2/c1-7-5-8(2)17-13(16-7)19-12(15)18-9-3-4-10(14)11(6-9)20(21)22/h3-6H,1-2H3,(H3,15,16,17,18,19)/p+1. The van der Waals surface area contributed by atoms with Crippen molar-refractivity contribution in [2.24, 2.45) is 5.73 Å². The number of hydrogen-bond donors (Lipinski definition) is 3. The Hall–Kier alpha value is -3.10. The number of aromatic nitrogens is 2. The van der Waals surface area contributed by atoms with Crippen LogP contribution in [-0.4, -0.2) is 20.9 Å². The predicted molar refractivity (Wildman–Crippen MR) is 78.0 cm³/mol. The van der Waals surface area contributed by atoms with E-state index in [4.69, 9.17) is 5.73 Å². The number of anilines is 1. The van der Waals surface area contributed by atoms with Crippen molar-refractivity contribution in [2.75, 3.05) is 5.32 Å². The van der Waals surface area contributed by atoms with E-state index in [1.165, 1.54) is 6.07 Å². The lowest BCUT2D eigenvalue weighted by Gasteiger charge is -2.02. The molecule has 4 N–H and O–H groups in total.